The maximum atomic E-state index is 13.0. The molecule has 312 valence electrons. The zero-order chi connectivity index (χ0) is 38.9. The fraction of sp³-hybridized carbons (Fsp3) is 0.884. The highest BCUT2D eigenvalue weighted by Crippen LogP contribution is 2.22. The average Bonchev–Trinajstić information content (AvgIpc) is 3.16. The van der Waals surface area contributed by atoms with Crippen LogP contribution in [0.5, 0.6) is 0 Å². The number of allylic oxidation sites excluding steroid dienone is 3. The van der Waals surface area contributed by atoms with Gasteiger partial charge in [0.05, 0.1) is 25.4 Å². The predicted octanol–water partition coefficient (Wildman–Crippen LogP) is 7.30. The van der Waals surface area contributed by atoms with Crippen molar-refractivity contribution < 1.29 is 44.9 Å². The summed E-state index contributed by atoms with van der Waals surface area (Å²) < 4.78 is 11.1. The van der Waals surface area contributed by atoms with E-state index in [1.165, 1.54) is 116 Å². The molecule has 0 aromatic rings. The van der Waals surface area contributed by atoms with E-state index in [-0.39, 0.29) is 6.61 Å². The van der Waals surface area contributed by atoms with Crippen LogP contribution in [-0.2, 0) is 14.3 Å². The van der Waals surface area contributed by atoms with Gasteiger partial charge in [0, 0.05) is 0 Å². The van der Waals surface area contributed by atoms with E-state index in [9.17, 15) is 35.4 Å². The van der Waals surface area contributed by atoms with Gasteiger partial charge in [0.1, 0.15) is 30.5 Å². The molecular formula is C43H81NO9. The summed E-state index contributed by atoms with van der Waals surface area (Å²) in [7, 11) is 0. The molecule has 1 aliphatic rings. The number of amides is 1. The lowest BCUT2D eigenvalue weighted by Crippen LogP contribution is -2.60. The predicted molar refractivity (Wildman–Crippen MR) is 213 cm³/mol. The van der Waals surface area contributed by atoms with Crippen molar-refractivity contribution in [1.29, 1.82) is 0 Å². The Bertz CT molecular complexity index is 901. The Morgan fingerprint density at radius 1 is 0.642 bits per heavy atom. The second-order valence-corrected chi connectivity index (χ2v) is 15.3. The van der Waals surface area contributed by atoms with Gasteiger partial charge in [-0.3, -0.25) is 4.79 Å². The second-order valence-electron chi connectivity index (χ2n) is 15.3. The lowest BCUT2D eigenvalue weighted by atomic mass is 9.99. The number of hydrogen-bond donors (Lipinski definition) is 7. The van der Waals surface area contributed by atoms with Crippen molar-refractivity contribution >= 4 is 5.91 Å². The number of rotatable bonds is 35. The molecule has 10 heteroatoms. The molecule has 0 aromatic carbocycles. The van der Waals surface area contributed by atoms with Crippen LogP contribution >= 0.6 is 0 Å². The number of nitrogens with one attached hydrogen (secondary N) is 1. The average molecular weight is 756 g/mol. The molecule has 8 atom stereocenters. The molecule has 8 unspecified atom stereocenters. The van der Waals surface area contributed by atoms with E-state index in [1.54, 1.807) is 6.08 Å². The summed E-state index contributed by atoms with van der Waals surface area (Å²) in [6.07, 6.45) is 28.4. The highest BCUT2D eigenvalue weighted by molar-refractivity contribution is 5.80. The highest BCUT2D eigenvalue weighted by atomic mass is 16.7. The van der Waals surface area contributed by atoms with Crippen LogP contribution in [0.2, 0.25) is 0 Å². The van der Waals surface area contributed by atoms with Crippen molar-refractivity contribution in [3.63, 3.8) is 0 Å². The summed E-state index contributed by atoms with van der Waals surface area (Å²) in [6, 6.07) is -0.991. The van der Waals surface area contributed by atoms with Crippen molar-refractivity contribution in [3.8, 4) is 0 Å². The number of ether oxygens (including phenoxy) is 2. The van der Waals surface area contributed by atoms with Crippen molar-refractivity contribution in [1.82, 2.24) is 5.32 Å². The number of carbonyl (C=O) groups is 1. The smallest absolute Gasteiger partial charge is 0.249 e. The monoisotopic (exact) mass is 756 g/mol. The lowest BCUT2D eigenvalue weighted by Gasteiger charge is -2.40. The molecule has 0 radical (unpaired) electrons. The number of aliphatic hydroxyl groups is 6. The molecule has 1 saturated heterocycles. The number of aliphatic hydroxyl groups excluding tert-OH is 6. The SMILES string of the molecule is CCCCCCCCCCCCC/C=C/CC/C=C/C(O)C(COC1OC(CO)C(O)C(O)C1O)NC(=O)C(O)CCCCCCCCCCCCC. The van der Waals surface area contributed by atoms with Crippen LogP contribution < -0.4 is 5.32 Å². The second kappa shape index (κ2) is 33.9. The lowest BCUT2D eigenvalue weighted by molar-refractivity contribution is -0.302. The fourth-order valence-electron chi connectivity index (χ4n) is 6.77. The van der Waals surface area contributed by atoms with Crippen molar-refractivity contribution in [2.45, 2.75) is 230 Å². The van der Waals surface area contributed by atoms with Gasteiger partial charge in [-0.05, 0) is 32.1 Å². The van der Waals surface area contributed by atoms with Gasteiger partial charge in [0.25, 0.3) is 0 Å². The van der Waals surface area contributed by atoms with E-state index in [2.05, 4.69) is 31.3 Å². The normalized spacial score (nSPS) is 22.5. The van der Waals surface area contributed by atoms with E-state index < -0.39 is 61.5 Å². The van der Waals surface area contributed by atoms with Crippen LogP contribution in [0, 0.1) is 0 Å². The van der Waals surface area contributed by atoms with Gasteiger partial charge in [0.2, 0.25) is 5.91 Å². The summed E-state index contributed by atoms with van der Waals surface area (Å²) in [6.45, 7) is 3.56. The molecule has 0 bridgehead atoms. The summed E-state index contributed by atoms with van der Waals surface area (Å²) in [5.41, 5.74) is 0. The number of unbranched alkanes of at least 4 members (excludes halogenated alkanes) is 22. The Balaban J connectivity index is 2.49. The molecular weight excluding hydrogens is 674 g/mol. The molecule has 1 fully saturated rings. The van der Waals surface area contributed by atoms with Gasteiger partial charge in [-0.15, -0.1) is 0 Å². The minimum Gasteiger partial charge on any atom is -0.394 e. The van der Waals surface area contributed by atoms with E-state index in [0.717, 1.165) is 32.1 Å². The van der Waals surface area contributed by atoms with Crippen molar-refractivity contribution in [2.24, 2.45) is 0 Å². The third-order valence-corrected chi connectivity index (χ3v) is 10.4. The van der Waals surface area contributed by atoms with Gasteiger partial charge < -0.3 is 45.4 Å². The molecule has 7 N–H and O–H groups in total. The molecule has 0 saturated carbocycles. The topological polar surface area (TPSA) is 169 Å². The maximum Gasteiger partial charge on any atom is 0.249 e. The first-order valence-corrected chi connectivity index (χ1v) is 21.7. The van der Waals surface area contributed by atoms with Crippen LogP contribution in [-0.4, -0.2) is 98.7 Å². The third kappa shape index (κ3) is 24.7. The van der Waals surface area contributed by atoms with Gasteiger partial charge in [-0.1, -0.05) is 173 Å². The molecule has 1 heterocycles. The molecule has 1 aliphatic heterocycles. The van der Waals surface area contributed by atoms with E-state index in [1.807, 2.05) is 6.08 Å². The molecule has 0 spiro atoms. The van der Waals surface area contributed by atoms with E-state index >= 15 is 0 Å². The Morgan fingerprint density at radius 3 is 1.64 bits per heavy atom. The number of carbonyl (C=O) groups excluding carboxylic acids is 1. The first kappa shape index (κ1) is 49.6. The first-order chi connectivity index (χ1) is 25.8. The molecule has 1 rings (SSSR count). The van der Waals surface area contributed by atoms with Crippen LogP contribution in [0.25, 0.3) is 0 Å². The van der Waals surface area contributed by atoms with Crippen molar-refractivity contribution in [3.05, 3.63) is 24.3 Å². The highest BCUT2D eigenvalue weighted by Gasteiger charge is 2.44. The van der Waals surface area contributed by atoms with Crippen LogP contribution in [0.15, 0.2) is 24.3 Å². The maximum absolute atomic E-state index is 13.0. The van der Waals surface area contributed by atoms with E-state index in [0.29, 0.717) is 19.3 Å². The van der Waals surface area contributed by atoms with Gasteiger partial charge in [-0.2, -0.15) is 0 Å². The zero-order valence-electron chi connectivity index (χ0n) is 33.6. The summed E-state index contributed by atoms with van der Waals surface area (Å²) in [4.78, 5) is 13.0. The summed E-state index contributed by atoms with van der Waals surface area (Å²) in [5.74, 6) is -0.628. The van der Waals surface area contributed by atoms with Crippen LogP contribution in [0.4, 0.5) is 0 Å². The standard InChI is InChI=1S/C43H81NO9/c1-3-5-7-9-11-13-15-16-17-18-19-20-22-23-25-27-29-31-36(46)35(34-52-43-41(50)40(49)39(48)38(33-45)53-43)44-42(51)37(47)32-30-28-26-24-21-14-12-10-8-6-4-2/h22-23,29,31,35-41,43,45-50H,3-21,24-28,30,32-34H2,1-2H3,(H,44,51)/b23-22+,31-29+. The Morgan fingerprint density at radius 2 is 1.11 bits per heavy atom. The van der Waals surface area contributed by atoms with Gasteiger partial charge in [-0.25, -0.2) is 0 Å². The van der Waals surface area contributed by atoms with Gasteiger partial charge in [0.15, 0.2) is 6.29 Å². The van der Waals surface area contributed by atoms with E-state index in [4.69, 9.17) is 9.47 Å². The molecule has 53 heavy (non-hydrogen) atoms. The Kier molecular flexibility index (Phi) is 31.8. The van der Waals surface area contributed by atoms with Crippen molar-refractivity contribution in [2.75, 3.05) is 13.2 Å². The summed E-state index contributed by atoms with van der Waals surface area (Å²) in [5, 5.41) is 64.4. The Labute approximate surface area is 322 Å². The zero-order valence-corrected chi connectivity index (χ0v) is 33.6. The summed E-state index contributed by atoms with van der Waals surface area (Å²) >= 11 is 0. The molecule has 1 amide bonds. The number of hydrogen-bond acceptors (Lipinski definition) is 9. The first-order valence-electron chi connectivity index (χ1n) is 21.7. The van der Waals surface area contributed by atoms with Gasteiger partial charge >= 0.3 is 0 Å². The largest absolute Gasteiger partial charge is 0.394 e. The Hall–Kier alpha value is -1.37. The quantitative estimate of drug-likeness (QED) is 0.0259. The molecule has 0 aromatic heterocycles. The third-order valence-electron chi connectivity index (χ3n) is 10.4. The molecule has 0 aliphatic carbocycles. The minimum atomic E-state index is -1.61. The minimum absolute atomic E-state index is 0.306. The van der Waals surface area contributed by atoms with Crippen LogP contribution in [0.3, 0.4) is 0 Å². The molecule has 10 nitrogen and oxygen atoms in total. The van der Waals surface area contributed by atoms with Crippen LogP contribution in [0.1, 0.15) is 181 Å². The fourth-order valence-corrected chi connectivity index (χ4v) is 6.77.